The van der Waals surface area contributed by atoms with Crippen LogP contribution in [0.4, 0.5) is 5.13 Å². The minimum Gasteiger partial charge on any atom is -0.326 e. The molecule has 1 fully saturated rings. The van der Waals surface area contributed by atoms with Gasteiger partial charge < -0.3 is 10.2 Å². The van der Waals surface area contributed by atoms with Crippen LogP contribution in [0.25, 0.3) is 0 Å². The van der Waals surface area contributed by atoms with Crippen LogP contribution in [0, 0.1) is 13.8 Å². The minimum atomic E-state index is -0.243. The van der Waals surface area contributed by atoms with Gasteiger partial charge in [-0.15, -0.1) is 11.3 Å². The van der Waals surface area contributed by atoms with Gasteiger partial charge in [-0.3, -0.25) is 9.59 Å². The number of anilines is 1. The zero-order valence-corrected chi connectivity index (χ0v) is 18.3. The molecule has 1 heterocycles. The lowest BCUT2D eigenvalue weighted by Crippen LogP contribution is -2.45. The van der Waals surface area contributed by atoms with Gasteiger partial charge in [-0.05, 0) is 44.9 Å². The third-order valence-electron chi connectivity index (χ3n) is 5.03. The summed E-state index contributed by atoms with van der Waals surface area (Å²) in [6, 6.07) is 4.86. The molecule has 1 saturated carbocycles. The van der Waals surface area contributed by atoms with Gasteiger partial charge >= 0.3 is 0 Å². The highest BCUT2D eigenvalue weighted by Crippen LogP contribution is 2.27. The van der Waals surface area contributed by atoms with Gasteiger partial charge in [0.05, 0.1) is 15.7 Å². The van der Waals surface area contributed by atoms with Crippen molar-refractivity contribution in [2.75, 3.05) is 11.9 Å². The fourth-order valence-electron chi connectivity index (χ4n) is 3.39. The average Bonchev–Trinajstić information content (AvgIpc) is 2.99. The van der Waals surface area contributed by atoms with Crippen LogP contribution in [0.1, 0.15) is 53.0 Å². The van der Waals surface area contributed by atoms with Gasteiger partial charge in [0, 0.05) is 16.5 Å². The molecular weight excluding hydrogens is 417 g/mol. The lowest BCUT2D eigenvalue weighted by atomic mass is 9.93. The number of carbonyl (C=O) groups is 2. The minimum absolute atomic E-state index is 0.0125. The Bertz CT molecular complexity index is 859. The SMILES string of the molecule is Cc1nc(NC(=O)CN(C(=O)c2ccc(Cl)c(Cl)c2)C2CCCCC2)sc1C. The van der Waals surface area contributed by atoms with Crippen molar-refractivity contribution in [3.8, 4) is 0 Å². The fourth-order valence-corrected chi connectivity index (χ4v) is 4.52. The van der Waals surface area contributed by atoms with Crippen LogP contribution in [-0.2, 0) is 4.79 Å². The number of nitrogens with one attached hydrogen (secondary N) is 1. The first kappa shape index (κ1) is 21.1. The molecule has 150 valence electrons. The van der Waals surface area contributed by atoms with Crippen LogP contribution in [0.2, 0.25) is 10.0 Å². The predicted molar refractivity (Wildman–Crippen MR) is 115 cm³/mol. The lowest BCUT2D eigenvalue weighted by molar-refractivity contribution is -0.117. The maximum atomic E-state index is 13.2. The molecule has 1 aromatic carbocycles. The van der Waals surface area contributed by atoms with Crippen molar-refractivity contribution >= 4 is 51.5 Å². The molecule has 5 nitrogen and oxygen atoms in total. The van der Waals surface area contributed by atoms with Gasteiger partial charge in [-0.25, -0.2) is 4.98 Å². The molecule has 0 unspecified atom stereocenters. The predicted octanol–water partition coefficient (Wildman–Crippen LogP) is 5.48. The highest BCUT2D eigenvalue weighted by atomic mass is 35.5. The third-order valence-corrected chi connectivity index (χ3v) is 6.76. The van der Waals surface area contributed by atoms with E-state index in [0.29, 0.717) is 20.7 Å². The highest BCUT2D eigenvalue weighted by molar-refractivity contribution is 7.15. The maximum Gasteiger partial charge on any atom is 0.254 e. The topological polar surface area (TPSA) is 62.3 Å². The van der Waals surface area contributed by atoms with Crippen molar-refractivity contribution in [3.05, 3.63) is 44.4 Å². The fraction of sp³-hybridized carbons (Fsp3) is 0.450. The molecule has 1 aliphatic rings. The number of nitrogens with zero attached hydrogens (tertiary/aromatic N) is 2. The summed E-state index contributed by atoms with van der Waals surface area (Å²) < 4.78 is 0. The van der Waals surface area contributed by atoms with Crippen molar-refractivity contribution in [2.24, 2.45) is 0 Å². The first-order chi connectivity index (χ1) is 13.3. The van der Waals surface area contributed by atoms with Crippen LogP contribution >= 0.6 is 34.5 Å². The van der Waals surface area contributed by atoms with Crippen LogP contribution in [0.15, 0.2) is 18.2 Å². The van der Waals surface area contributed by atoms with E-state index in [1.54, 1.807) is 23.1 Å². The number of aryl methyl sites for hydroxylation is 2. The van der Waals surface area contributed by atoms with E-state index in [1.165, 1.54) is 11.3 Å². The second kappa shape index (κ2) is 9.25. The zero-order valence-electron chi connectivity index (χ0n) is 15.9. The summed E-state index contributed by atoms with van der Waals surface area (Å²) in [6.45, 7) is 3.86. The molecule has 0 radical (unpaired) electrons. The van der Waals surface area contributed by atoms with Crippen molar-refractivity contribution in [3.63, 3.8) is 0 Å². The van der Waals surface area contributed by atoms with Gasteiger partial charge in [0.1, 0.15) is 6.54 Å². The Labute approximate surface area is 179 Å². The Balaban J connectivity index is 1.78. The highest BCUT2D eigenvalue weighted by Gasteiger charge is 2.28. The first-order valence-corrected chi connectivity index (χ1v) is 10.9. The van der Waals surface area contributed by atoms with Gasteiger partial charge in [0.2, 0.25) is 5.91 Å². The van der Waals surface area contributed by atoms with Crippen molar-refractivity contribution in [2.45, 2.75) is 52.0 Å². The number of carbonyl (C=O) groups excluding carboxylic acids is 2. The molecule has 1 aliphatic carbocycles. The van der Waals surface area contributed by atoms with Gasteiger partial charge in [-0.2, -0.15) is 0 Å². The molecule has 1 N–H and O–H groups in total. The van der Waals surface area contributed by atoms with Crippen LogP contribution in [0.5, 0.6) is 0 Å². The summed E-state index contributed by atoms with van der Waals surface area (Å²) in [6.07, 6.45) is 5.07. The molecule has 3 rings (SSSR count). The van der Waals surface area contributed by atoms with E-state index >= 15 is 0 Å². The third kappa shape index (κ3) is 5.04. The number of hydrogen-bond donors (Lipinski definition) is 1. The number of halogens is 2. The second-order valence-electron chi connectivity index (χ2n) is 7.06. The monoisotopic (exact) mass is 439 g/mol. The van der Waals surface area contributed by atoms with E-state index in [-0.39, 0.29) is 24.4 Å². The number of benzene rings is 1. The zero-order chi connectivity index (χ0) is 20.3. The second-order valence-corrected chi connectivity index (χ2v) is 9.08. The Morgan fingerprint density at radius 1 is 1.18 bits per heavy atom. The Morgan fingerprint density at radius 3 is 2.50 bits per heavy atom. The quantitative estimate of drug-likeness (QED) is 0.670. The van der Waals surface area contributed by atoms with Gasteiger partial charge in [-0.1, -0.05) is 42.5 Å². The van der Waals surface area contributed by atoms with E-state index in [0.717, 1.165) is 42.7 Å². The molecule has 0 bridgehead atoms. The molecule has 0 spiro atoms. The molecule has 28 heavy (non-hydrogen) atoms. The number of hydrogen-bond acceptors (Lipinski definition) is 4. The summed E-state index contributed by atoms with van der Waals surface area (Å²) in [4.78, 5) is 32.9. The summed E-state index contributed by atoms with van der Waals surface area (Å²) in [7, 11) is 0. The Kier molecular flexibility index (Phi) is 6.96. The number of rotatable bonds is 5. The Morgan fingerprint density at radius 2 is 1.89 bits per heavy atom. The van der Waals surface area contributed by atoms with Gasteiger partial charge in [0.25, 0.3) is 5.91 Å². The van der Waals surface area contributed by atoms with E-state index in [1.807, 2.05) is 13.8 Å². The molecule has 0 aliphatic heterocycles. The van der Waals surface area contributed by atoms with E-state index in [4.69, 9.17) is 23.2 Å². The number of amides is 2. The summed E-state index contributed by atoms with van der Waals surface area (Å²) in [5, 5.41) is 4.11. The van der Waals surface area contributed by atoms with Crippen LogP contribution in [0.3, 0.4) is 0 Å². The largest absolute Gasteiger partial charge is 0.326 e. The summed E-state index contributed by atoms with van der Waals surface area (Å²) >= 11 is 13.5. The molecule has 8 heteroatoms. The summed E-state index contributed by atoms with van der Waals surface area (Å²) in [5.41, 5.74) is 1.34. The average molecular weight is 440 g/mol. The van der Waals surface area contributed by atoms with E-state index in [2.05, 4.69) is 10.3 Å². The van der Waals surface area contributed by atoms with Crippen molar-refractivity contribution in [1.29, 1.82) is 0 Å². The number of aromatic nitrogens is 1. The van der Waals surface area contributed by atoms with Crippen molar-refractivity contribution in [1.82, 2.24) is 9.88 Å². The first-order valence-electron chi connectivity index (χ1n) is 9.35. The normalized spacial score (nSPS) is 14.7. The smallest absolute Gasteiger partial charge is 0.254 e. The standard InChI is InChI=1S/C20H23Cl2N3O2S/c1-12-13(2)28-20(23-12)24-18(26)11-25(15-6-4-3-5-7-15)19(27)14-8-9-16(21)17(22)10-14/h8-10,15H,3-7,11H2,1-2H3,(H,23,24,26). The van der Waals surface area contributed by atoms with Crippen LogP contribution in [-0.4, -0.2) is 34.3 Å². The molecule has 1 aromatic heterocycles. The van der Waals surface area contributed by atoms with E-state index in [9.17, 15) is 9.59 Å². The molecule has 0 atom stereocenters. The Hall–Kier alpha value is -1.63. The molecule has 2 amide bonds. The van der Waals surface area contributed by atoms with E-state index < -0.39 is 0 Å². The van der Waals surface area contributed by atoms with Crippen molar-refractivity contribution < 1.29 is 9.59 Å². The molecule has 0 saturated heterocycles. The molecular formula is C20H23Cl2N3O2S. The maximum absolute atomic E-state index is 13.2. The summed E-state index contributed by atoms with van der Waals surface area (Å²) in [5.74, 6) is -0.445. The lowest BCUT2D eigenvalue weighted by Gasteiger charge is -2.34. The number of thiazole rings is 1. The van der Waals surface area contributed by atoms with Crippen LogP contribution < -0.4 is 5.32 Å². The van der Waals surface area contributed by atoms with Gasteiger partial charge in [0.15, 0.2) is 5.13 Å². The molecule has 2 aromatic rings.